The van der Waals surface area contributed by atoms with E-state index >= 15 is 0 Å². The van der Waals surface area contributed by atoms with E-state index in [9.17, 15) is 4.79 Å². The molecule has 0 atom stereocenters. The highest BCUT2D eigenvalue weighted by Crippen LogP contribution is 2.23. The van der Waals surface area contributed by atoms with E-state index in [0.717, 1.165) is 55.8 Å². The van der Waals surface area contributed by atoms with E-state index in [4.69, 9.17) is 4.42 Å². The molecule has 1 aliphatic rings. The van der Waals surface area contributed by atoms with Crippen LogP contribution in [0.4, 0.5) is 0 Å². The second kappa shape index (κ2) is 7.90. The van der Waals surface area contributed by atoms with E-state index in [2.05, 4.69) is 60.9 Å². The van der Waals surface area contributed by atoms with E-state index in [1.54, 1.807) is 6.07 Å². The van der Waals surface area contributed by atoms with Gasteiger partial charge in [-0.1, -0.05) is 24.3 Å². The summed E-state index contributed by atoms with van der Waals surface area (Å²) >= 11 is 0. The van der Waals surface area contributed by atoms with Crippen molar-refractivity contribution in [3.05, 3.63) is 80.7 Å². The standard InChI is InChI=1S/C24H28N2O2/c1-17-6-4-5-7-20(17)15-25-8-10-26(11-9-25)16-21-14-24(27)28-23-13-19(3)18(2)12-22(21)23/h4-7,12-14H,8-11,15-16H2,1-3H3. The minimum Gasteiger partial charge on any atom is -0.423 e. The molecule has 2 aromatic carbocycles. The second-order valence-electron chi connectivity index (χ2n) is 8.00. The average Bonchev–Trinajstić information content (AvgIpc) is 2.67. The first-order valence-electron chi connectivity index (χ1n) is 10.0. The first-order chi connectivity index (χ1) is 13.5. The molecule has 4 nitrogen and oxygen atoms in total. The molecule has 0 amide bonds. The normalized spacial score (nSPS) is 16.0. The maximum absolute atomic E-state index is 12.0. The number of rotatable bonds is 4. The molecule has 1 fully saturated rings. The zero-order chi connectivity index (χ0) is 19.7. The van der Waals surface area contributed by atoms with Gasteiger partial charge in [-0.25, -0.2) is 4.79 Å². The Labute approximate surface area is 166 Å². The number of aryl methyl sites for hydroxylation is 3. The van der Waals surface area contributed by atoms with Crippen LogP contribution in [-0.2, 0) is 13.1 Å². The maximum atomic E-state index is 12.0. The van der Waals surface area contributed by atoms with Crippen molar-refractivity contribution in [2.45, 2.75) is 33.9 Å². The maximum Gasteiger partial charge on any atom is 0.336 e. The van der Waals surface area contributed by atoms with Crippen LogP contribution in [0.1, 0.15) is 27.8 Å². The Morgan fingerprint density at radius 3 is 2.07 bits per heavy atom. The summed E-state index contributed by atoms with van der Waals surface area (Å²) in [5, 5.41) is 1.06. The summed E-state index contributed by atoms with van der Waals surface area (Å²) in [5.41, 5.74) is 6.66. The molecule has 0 radical (unpaired) electrons. The molecule has 0 N–H and O–H groups in total. The zero-order valence-electron chi connectivity index (χ0n) is 17.0. The van der Waals surface area contributed by atoms with Gasteiger partial charge >= 0.3 is 5.63 Å². The fourth-order valence-corrected chi connectivity index (χ4v) is 3.99. The van der Waals surface area contributed by atoms with Gasteiger partial charge in [0.15, 0.2) is 0 Å². The van der Waals surface area contributed by atoms with Crippen molar-refractivity contribution < 1.29 is 4.42 Å². The van der Waals surface area contributed by atoms with Crippen LogP contribution in [0, 0.1) is 20.8 Å². The molecule has 3 aromatic rings. The Hall–Kier alpha value is -2.43. The average molecular weight is 377 g/mol. The Bertz CT molecular complexity index is 1050. The summed E-state index contributed by atoms with van der Waals surface area (Å²) in [7, 11) is 0. The van der Waals surface area contributed by atoms with E-state index in [1.165, 1.54) is 16.7 Å². The van der Waals surface area contributed by atoms with Crippen molar-refractivity contribution >= 4 is 11.0 Å². The smallest absolute Gasteiger partial charge is 0.336 e. The molecular formula is C24H28N2O2. The molecule has 0 spiro atoms. The first-order valence-corrected chi connectivity index (χ1v) is 10.0. The molecule has 2 heterocycles. The minimum absolute atomic E-state index is 0.260. The molecule has 28 heavy (non-hydrogen) atoms. The lowest BCUT2D eigenvalue weighted by atomic mass is 10.0. The van der Waals surface area contributed by atoms with Crippen LogP contribution in [0.5, 0.6) is 0 Å². The highest BCUT2D eigenvalue weighted by molar-refractivity contribution is 5.81. The number of piperazine rings is 1. The van der Waals surface area contributed by atoms with Crippen molar-refractivity contribution in [2.75, 3.05) is 26.2 Å². The molecule has 1 aliphatic heterocycles. The zero-order valence-corrected chi connectivity index (χ0v) is 17.0. The molecular weight excluding hydrogens is 348 g/mol. The van der Waals surface area contributed by atoms with E-state index < -0.39 is 0 Å². The fourth-order valence-electron chi connectivity index (χ4n) is 3.99. The quantitative estimate of drug-likeness (QED) is 0.644. The minimum atomic E-state index is -0.260. The molecule has 146 valence electrons. The van der Waals surface area contributed by atoms with Gasteiger partial charge in [0, 0.05) is 50.7 Å². The van der Waals surface area contributed by atoms with Crippen molar-refractivity contribution in [3.8, 4) is 0 Å². The number of nitrogens with zero attached hydrogens (tertiary/aromatic N) is 2. The van der Waals surface area contributed by atoms with Gasteiger partial charge in [-0.3, -0.25) is 9.80 Å². The van der Waals surface area contributed by atoms with Gasteiger partial charge in [-0.05, 0) is 60.7 Å². The molecule has 4 heteroatoms. The summed E-state index contributed by atoms with van der Waals surface area (Å²) in [5.74, 6) is 0. The van der Waals surface area contributed by atoms with Crippen molar-refractivity contribution in [2.24, 2.45) is 0 Å². The largest absolute Gasteiger partial charge is 0.423 e. The van der Waals surface area contributed by atoms with Crippen molar-refractivity contribution in [1.29, 1.82) is 0 Å². The van der Waals surface area contributed by atoms with Crippen LogP contribution >= 0.6 is 0 Å². The third-order valence-corrected chi connectivity index (χ3v) is 5.96. The van der Waals surface area contributed by atoms with E-state index in [1.807, 2.05) is 6.07 Å². The van der Waals surface area contributed by atoms with Crippen LogP contribution in [-0.4, -0.2) is 36.0 Å². The third-order valence-electron chi connectivity index (χ3n) is 5.96. The van der Waals surface area contributed by atoms with Gasteiger partial charge in [0.25, 0.3) is 0 Å². The highest BCUT2D eigenvalue weighted by atomic mass is 16.4. The Kier molecular flexibility index (Phi) is 5.33. The third kappa shape index (κ3) is 4.03. The van der Waals surface area contributed by atoms with E-state index in [0.29, 0.717) is 5.58 Å². The molecule has 0 bridgehead atoms. The molecule has 0 unspecified atom stereocenters. The fraction of sp³-hybridized carbons (Fsp3) is 0.375. The lowest BCUT2D eigenvalue weighted by molar-refractivity contribution is 0.122. The predicted molar refractivity (Wildman–Crippen MR) is 114 cm³/mol. The van der Waals surface area contributed by atoms with Gasteiger partial charge < -0.3 is 4.42 Å². The topological polar surface area (TPSA) is 36.7 Å². The van der Waals surface area contributed by atoms with Crippen LogP contribution < -0.4 is 5.63 Å². The number of hydrogen-bond acceptors (Lipinski definition) is 4. The van der Waals surface area contributed by atoms with Gasteiger partial charge in [-0.2, -0.15) is 0 Å². The van der Waals surface area contributed by atoms with E-state index in [-0.39, 0.29) is 5.63 Å². The monoisotopic (exact) mass is 376 g/mol. The van der Waals surface area contributed by atoms with Crippen molar-refractivity contribution in [1.82, 2.24) is 9.80 Å². The number of fused-ring (bicyclic) bond motifs is 1. The second-order valence-corrected chi connectivity index (χ2v) is 8.00. The van der Waals surface area contributed by atoms with Gasteiger partial charge in [0.2, 0.25) is 0 Å². The SMILES string of the molecule is Cc1cc2oc(=O)cc(CN3CCN(Cc4ccccc4C)CC3)c2cc1C. The summed E-state index contributed by atoms with van der Waals surface area (Å²) < 4.78 is 5.44. The van der Waals surface area contributed by atoms with Gasteiger partial charge in [0.05, 0.1) is 0 Å². The number of benzene rings is 2. The van der Waals surface area contributed by atoms with Crippen LogP contribution in [0.25, 0.3) is 11.0 Å². The Morgan fingerprint density at radius 2 is 1.39 bits per heavy atom. The highest BCUT2D eigenvalue weighted by Gasteiger charge is 2.19. The summed E-state index contributed by atoms with van der Waals surface area (Å²) in [6.45, 7) is 12.3. The molecule has 0 aliphatic carbocycles. The predicted octanol–water partition coefficient (Wildman–Crippen LogP) is 4.04. The van der Waals surface area contributed by atoms with Gasteiger partial charge in [0.1, 0.15) is 5.58 Å². The Balaban J connectivity index is 1.46. The molecule has 4 rings (SSSR count). The number of hydrogen-bond donors (Lipinski definition) is 0. The summed E-state index contributed by atoms with van der Waals surface area (Å²) in [4.78, 5) is 17.0. The lowest BCUT2D eigenvalue weighted by Crippen LogP contribution is -2.45. The molecule has 1 aromatic heterocycles. The van der Waals surface area contributed by atoms with Gasteiger partial charge in [-0.15, -0.1) is 0 Å². The van der Waals surface area contributed by atoms with Crippen molar-refractivity contribution in [3.63, 3.8) is 0 Å². The van der Waals surface area contributed by atoms with Crippen LogP contribution in [0.15, 0.2) is 51.7 Å². The molecule has 1 saturated heterocycles. The summed E-state index contributed by atoms with van der Waals surface area (Å²) in [6.07, 6.45) is 0. The summed E-state index contributed by atoms with van der Waals surface area (Å²) in [6, 6.07) is 14.4. The van der Waals surface area contributed by atoms with Crippen LogP contribution in [0.2, 0.25) is 0 Å². The lowest BCUT2D eigenvalue weighted by Gasteiger charge is -2.35. The molecule has 0 saturated carbocycles. The van der Waals surface area contributed by atoms with Crippen LogP contribution in [0.3, 0.4) is 0 Å². The first kappa shape index (κ1) is 18.9. The Morgan fingerprint density at radius 1 is 0.786 bits per heavy atom.